The number of likely N-dealkylation sites (N-methyl/N-ethyl adjacent to an activating group) is 1. The van der Waals surface area contributed by atoms with Gasteiger partial charge in [0.1, 0.15) is 11.6 Å². The molecule has 1 saturated heterocycles. The number of likely N-dealkylation sites (tertiary alicyclic amines) is 1. The molecule has 1 saturated carbocycles. The predicted octanol–water partition coefficient (Wildman–Crippen LogP) is 5.98. The van der Waals surface area contributed by atoms with Gasteiger partial charge in [-0.05, 0) is 54.4 Å². The Morgan fingerprint density at radius 3 is 2.42 bits per heavy atom. The highest BCUT2D eigenvalue weighted by atomic mass is 19.1. The molecule has 194 valence electrons. The van der Waals surface area contributed by atoms with Gasteiger partial charge in [-0.15, -0.1) is 0 Å². The monoisotopic (exact) mass is 498 g/mol. The molecule has 0 aromatic heterocycles. The van der Waals surface area contributed by atoms with Crippen LogP contribution in [0.25, 0.3) is 5.70 Å². The molecule has 1 aromatic carbocycles. The van der Waals surface area contributed by atoms with Crippen molar-refractivity contribution in [1.82, 2.24) is 9.80 Å². The van der Waals surface area contributed by atoms with Crippen LogP contribution in [-0.4, -0.2) is 47.8 Å². The fourth-order valence-electron chi connectivity index (χ4n) is 5.65. The van der Waals surface area contributed by atoms with E-state index >= 15 is 0 Å². The van der Waals surface area contributed by atoms with Crippen LogP contribution < -0.4 is 0 Å². The summed E-state index contributed by atoms with van der Waals surface area (Å²) in [6.45, 7) is 16.5. The quantitative estimate of drug-likeness (QED) is 0.343. The molecule has 8 heteroatoms. The van der Waals surface area contributed by atoms with E-state index in [9.17, 15) is 18.4 Å². The predicted molar refractivity (Wildman–Crippen MR) is 137 cm³/mol. The molecule has 0 radical (unpaired) electrons. The molecule has 1 aromatic rings. The third kappa shape index (κ3) is 4.90. The van der Waals surface area contributed by atoms with Crippen LogP contribution in [0, 0.1) is 28.4 Å². The summed E-state index contributed by atoms with van der Waals surface area (Å²) in [5.74, 6) is -1.56. The van der Waals surface area contributed by atoms with Crippen LogP contribution in [-0.2, 0) is 9.59 Å². The molecular formula is C28H36F2N4O2. The minimum absolute atomic E-state index is 0.0134. The van der Waals surface area contributed by atoms with Crippen molar-refractivity contribution < 1.29 is 18.4 Å². The lowest BCUT2D eigenvalue weighted by Crippen LogP contribution is -2.49. The van der Waals surface area contributed by atoms with Gasteiger partial charge >= 0.3 is 0 Å². The lowest BCUT2D eigenvalue weighted by Gasteiger charge is -2.43. The molecule has 6 nitrogen and oxygen atoms in total. The fourth-order valence-corrected chi connectivity index (χ4v) is 5.65. The first-order valence-electron chi connectivity index (χ1n) is 12.2. The average molecular weight is 499 g/mol. The highest BCUT2D eigenvalue weighted by Crippen LogP contribution is 2.59. The van der Waals surface area contributed by atoms with Gasteiger partial charge in [0.15, 0.2) is 0 Å². The number of halogens is 2. The number of rotatable bonds is 7. The van der Waals surface area contributed by atoms with E-state index in [1.165, 1.54) is 31.3 Å². The highest BCUT2D eigenvalue weighted by Gasteiger charge is 2.57. The first-order valence-corrected chi connectivity index (χ1v) is 12.2. The summed E-state index contributed by atoms with van der Waals surface area (Å²) < 4.78 is 29.1. The van der Waals surface area contributed by atoms with E-state index in [-0.39, 0.29) is 35.0 Å². The molecule has 1 aliphatic heterocycles. The second kappa shape index (κ2) is 10.4. The van der Waals surface area contributed by atoms with Gasteiger partial charge in [-0.3, -0.25) is 9.59 Å². The van der Waals surface area contributed by atoms with Crippen LogP contribution in [0.3, 0.4) is 0 Å². The molecule has 0 bridgehead atoms. The Morgan fingerprint density at radius 1 is 1.19 bits per heavy atom. The maximum Gasteiger partial charge on any atom is 0.229 e. The van der Waals surface area contributed by atoms with Crippen molar-refractivity contribution in [2.45, 2.75) is 53.0 Å². The minimum Gasteiger partial charge on any atom is -0.341 e. The lowest BCUT2D eigenvalue weighted by molar-refractivity contribution is -0.146. The second-order valence-electron chi connectivity index (χ2n) is 10.6. The van der Waals surface area contributed by atoms with Gasteiger partial charge in [-0.25, -0.2) is 8.78 Å². The lowest BCUT2D eigenvalue weighted by atomic mass is 9.63. The summed E-state index contributed by atoms with van der Waals surface area (Å²) in [5.41, 5.74) is -0.786. The molecule has 2 fully saturated rings. The number of allylic oxidation sites excluding steroid dienone is 2. The molecule has 2 aliphatic rings. The van der Waals surface area contributed by atoms with Gasteiger partial charge in [0.25, 0.3) is 0 Å². The topological polar surface area (TPSA) is 65.3 Å². The number of hydrogen-bond donors (Lipinski definition) is 0. The normalized spacial score (nSPS) is 25.9. The van der Waals surface area contributed by atoms with Crippen molar-refractivity contribution in [3.05, 3.63) is 66.4 Å². The number of hydrogen-bond acceptors (Lipinski definition) is 4. The molecule has 1 heterocycles. The van der Waals surface area contributed by atoms with Crippen LogP contribution in [0.1, 0.15) is 52.5 Å². The van der Waals surface area contributed by atoms with E-state index in [2.05, 4.69) is 23.4 Å². The van der Waals surface area contributed by atoms with E-state index < -0.39 is 22.5 Å². The first kappa shape index (κ1) is 27.4. The molecule has 3 atom stereocenters. The van der Waals surface area contributed by atoms with Gasteiger partial charge in [0, 0.05) is 33.3 Å². The molecule has 3 rings (SSSR count). The summed E-state index contributed by atoms with van der Waals surface area (Å²) in [7, 11) is 1.77. The Balaban J connectivity index is 1.88. The van der Waals surface area contributed by atoms with E-state index in [1.54, 1.807) is 18.0 Å². The van der Waals surface area contributed by atoms with Crippen molar-refractivity contribution in [2.75, 3.05) is 20.1 Å². The molecule has 1 aliphatic carbocycles. The van der Waals surface area contributed by atoms with Crippen LogP contribution in [0.15, 0.2) is 59.4 Å². The smallest absolute Gasteiger partial charge is 0.229 e. The maximum absolute atomic E-state index is 14.5. The van der Waals surface area contributed by atoms with Crippen LogP contribution in [0.5, 0.6) is 0 Å². The summed E-state index contributed by atoms with van der Waals surface area (Å²) in [6, 6.07) is 3.64. The fraction of sp³-hybridized carbons (Fsp3) is 0.500. The minimum atomic E-state index is -0.748. The Morgan fingerprint density at radius 2 is 1.83 bits per heavy atom. The number of amides is 2. The van der Waals surface area contributed by atoms with Crippen LogP contribution in [0.2, 0.25) is 0 Å². The molecule has 0 spiro atoms. The summed E-state index contributed by atoms with van der Waals surface area (Å²) >= 11 is 0. The molecule has 0 N–H and O–H groups in total. The summed E-state index contributed by atoms with van der Waals surface area (Å²) in [4.78, 5) is 29.2. The van der Waals surface area contributed by atoms with Crippen molar-refractivity contribution in [3.63, 3.8) is 0 Å². The standard InChI is InChI=1S/C28H36F2N4O2/c1-8-31-32-24(25-22(29)10-9-11-23(25)30)16-18(2)21-12-14-28(6,27(21,4)5)26(36)34-15-13-20(17-34)33(7)19(3)35/h8-11,16,20-21H,1-2,12-15,17H2,3-7H3/b24-16-,32-31?/t20?,21?,28-/m1/s1. The van der Waals surface area contributed by atoms with Gasteiger partial charge in [-0.2, -0.15) is 10.2 Å². The van der Waals surface area contributed by atoms with Crippen LogP contribution >= 0.6 is 0 Å². The van der Waals surface area contributed by atoms with Crippen molar-refractivity contribution >= 4 is 17.5 Å². The van der Waals surface area contributed by atoms with E-state index in [4.69, 9.17) is 0 Å². The number of benzene rings is 1. The molecule has 36 heavy (non-hydrogen) atoms. The van der Waals surface area contributed by atoms with Gasteiger partial charge in [0.05, 0.1) is 22.7 Å². The maximum atomic E-state index is 14.5. The van der Waals surface area contributed by atoms with Gasteiger partial charge < -0.3 is 9.80 Å². The largest absolute Gasteiger partial charge is 0.341 e. The van der Waals surface area contributed by atoms with E-state index in [0.29, 0.717) is 31.5 Å². The van der Waals surface area contributed by atoms with Gasteiger partial charge in [0.2, 0.25) is 11.8 Å². The summed E-state index contributed by atoms with van der Waals surface area (Å²) in [6.07, 6.45) is 4.85. The zero-order valence-corrected chi connectivity index (χ0v) is 21.9. The number of carbonyl (C=O) groups is 2. The molecule has 2 amide bonds. The Hall–Kier alpha value is -3.16. The third-order valence-electron chi connectivity index (χ3n) is 8.43. The second-order valence-corrected chi connectivity index (χ2v) is 10.6. The summed E-state index contributed by atoms with van der Waals surface area (Å²) in [5, 5.41) is 7.73. The van der Waals surface area contributed by atoms with Crippen molar-refractivity contribution in [1.29, 1.82) is 0 Å². The number of nitrogens with zero attached hydrogens (tertiary/aromatic N) is 4. The third-order valence-corrected chi connectivity index (χ3v) is 8.43. The Bertz CT molecular complexity index is 1110. The van der Waals surface area contributed by atoms with Gasteiger partial charge in [-0.1, -0.05) is 40.0 Å². The van der Waals surface area contributed by atoms with E-state index in [0.717, 1.165) is 6.42 Å². The molecule has 2 unspecified atom stereocenters. The van der Waals surface area contributed by atoms with Crippen molar-refractivity contribution in [2.24, 2.45) is 27.0 Å². The zero-order chi connectivity index (χ0) is 26.8. The van der Waals surface area contributed by atoms with E-state index in [1.807, 2.05) is 25.7 Å². The Labute approximate surface area is 212 Å². The Kier molecular flexibility index (Phi) is 7.96. The number of azo groups is 1. The highest BCUT2D eigenvalue weighted by molar-refractivity contribution is 5.84. The molecular weight excluding hydrogens is 462 g/mol. The SMILES string of the molecule is C=CN=N/C(=C\C(=C)C1CC[C@](C)(C(=O)N2CCC(N(C)C(C)=O)C2)C1(C)C)c1c(F)cccc1F. The average Bonchev–Trinajstić information content (AvgIpc) is 3.39. The zero-order valence-electron chi connectivity index (χ0n) is 21.9. The first-order chi connectivity index (χ1) is 16.8. The van der Waals surface area contributed by atoms with Crippen molar-refractivity contribution in [3.8, 4) is 0 Å². The van der Waals surface area contributed by atoms with Crippen LogP contribution in [0.4, 0.5) is 8.78 Å². The number of carbonyl (C=O) groups excluding carboxylic acids is 2.